The molecule has 2 aromatic rings. The highest BCUT2D eigenvalue weighted by molar-refractivity contribution is 5.90. The fourth-order valence-corrected chi connectivity index (χ4v) is 2.92. The second-order valence-corrected chi connectivity index (χ2v) is 5.70. The highest BCUT2D eigenvalue weighted by Gasteiger charge is 2.41. The Balaban J connectivity index is 1.75. The number of hydrogen-bond donors (Lipinski definition) is 2. The maximum atomic E-state index is 12.4. The number of nitrogens with one attached hydrogen (secondary N) is 2. The smallest absolute Gasteiger partial charge is 0.320 e. The van der Waals surface area contributed by atoms with Crippen molar-refractivity contribution in [2.45, 2.75) is 38.1 Å². The van der Waals surface area contributed by atoms with Crippen molar-refractivity contribution in [1.29, 1.82) is 5.26 Å². The lowest BCUT2D eigenvalue weighted by molar-refractivity contribution is 0.232. The maximum absolute atomic E-state index is 12.4. The molecule has 1 aliphatic carbocycles. The number of rotatable bonds is 3. The lowest BCUT2D eigenvalue weighted by atomic mass is 9.97. The van der Waals surface area contributed by atoms with E-state index >= 15 is 0 Å². The predicted octanol–water partition coefficient (Wildman–Crippen LogP) is 2.84. The van der Waals surface area contributed by atoms with Gasteiger partial charge in [-0.05, 0) is 31.0 Å². The molecule has 0 spiro atoms. The summed E-state index contributed by atoms with van der Waals surface area (Å²) in [4.78, 5) is 16.7. The molecule has 0 atom stereocenters. The average Bonchev–Trinajstić information content (AvgIpc) is 3.17. The Kier molecular flexibility index (Phi) is 3.98. The van der Waals surface area contributed by atoms with E-state index < -0.39 is 5.54 Å². The Morgan fingerprint density at radius 2 is 2.17 bits per heavy atom. The molecule has 1 aliphatic rings. The molecule has 3 rings (SSSR count). The van der Waals surface area contributed by atoms with Crippen LogP contribution in [0.3, 0.4) is 0 Å². The van der Waals surface area contributed by atoms with Crippen molar-refractivity contribution in [2.75, 3.05) is 5.32 Å². The number of nitriles is 1. The minimum Gasteiger partial charge on any atom is -0.340 e. The summed E-state index contributed by atoms with van der Waals surface area (Å²) in [5, 5.41) is 18.6. The molecule has 23 heavy (non-hydrogen) atoms. The Bertz CT molecular complexity index is 756. The number of nitrogens with zero attached hydrogens (tertiary/aromatic N) is 3. The minimum atomic E-state index is -0.589. The van der Waals surface area contributed by atoms with Gasteiger partial charge in [-0.15, -0.1) is 0 Å². The van der Waals surface area contributed by atoms with Gasteiger partial charge in [0.05, 0.1) is 11.6 Å². The third-order valence-corrected chi connectivity index (χ3v) is 4.02. The standard InChI is InChI=1S/C16H17N5O2/c1-11-18-14(21-23-11)16(7-2-3-8-16)20-15(22)19-13-6-4-5-12(9-13)10-17/h4-6,9H,2-3,7-8H2,1H3,(H2,19,20,22). The normalized spacial score (nSPS) is 15.8. The molecule has 1 aromatic heterocycles. The summed E-state index contributed by atoms with van der Waals surface area (Å²) in [6, 6.07) is 8.47. The van der Waals surface area contributed by atoms with E-state index in [0.717, 1.165) is 25.7 Å². The van der Waals surface area contributed by atoms with Gasteiger partial charge in [-0.25, -0.2) is 4.79 Å². The zero-order valence-electron chi connectivity index (χ0n) is 12.8. The van der Waals surface area contributed by atoms with Gasteiger partial charge in [-0.1, -0.05) is 24.1 Å². The van der Waals surface area contributed by atoms with Gasteiger partial charge in [0.15, 0.2) is 5.82 Å². The molecule has 1 fully saturated rings. The first kappa shape index (κ1) is 15.0. The van der Waals surface area contributed by atoms with Gasteiger partial charge in [-0.2, -0.15) is 10.2 Å². The average molecular weight is 311 g/mol. The molecule has 0 aliphatic heterocycles. The quantitative estimate of drug-likeness (QED) is 0.907. The van der Waals surface area contributed by atoms with Crippen molar-refractivity contribution in [3.05, 3.63) is 41.5 Å². The summed E-state index contributed by atoms with van der Waals surface area (Å²) in [5.74, 6) is 1.00. The van der Waals surface area contributed by atoms with Crippen molar-refractivity contribution in [3.8, 4) is 6.07 Å². The van der Waals surface area contributed by atoms with Crippen LogP contribution in [-0.2, 0) is 5.54 Å². The van der Waals surface area contributed by atoms with Crippen LogP contribution in [0.15, 0.2) is 28.8 Å². The first-order valence-corrected chi connectivity index (χ1v) is 7.51. The number of carbonyl (C=O) groups is 1. The SMILES string of the molecule is Cc1nc(C2(NC(=O)Nc3cccc(C#N)c3)CCCC2)no1. The third-order valence-electron chi connectivity index (χ3n) is 4.02. The van der Waals surface area contributed by atoms with Crippen LogP contribution in [0, 0.1) is 18.3 Å². The van der Waals surface area contributed by atoms with Crippen LogP contribution < -0.4 is 10.6 Å². The van der Waals surface area contributed by atoms with Gasteiger partial charge >= 0.3 is 6.03 Å². The number of carbonyl (C=O) groups excluding carboxylic acids is 1. The molecule has 1 heterocycles. The highest BCUT2D eigenvalue weighted by atomic mass is 16.5. The number of urea groups is 1. The predicted molar refractivity (Wildman–Crippen MR) is 82.5 cm³/mol. The zero-order chi connectivity index (χ0) is 16.3. The van der Waals surface area contributed by atoms with Crippen LogP contribution in [0.5, 0.6) is 0 Å². The van der Waals surface area contributed by atoms with Crippen molar-refractivity contribution < 1.29 is 9.32 Å². The Hall–Kier alpha value is -2.88. The largest absolute Gasteiger partial charge is 0.340 e. The molecule has 1 saturated carbocycles. The van der Waals surface area contributed by atoms with Crippen molar-refractivity contribution in [1.82, 2.24) is 15.5 Å². The number of benzene rings is 1. The van der Waals surface area contributed by atoms with Crippen molar-refractivity contribution >= 4 is 11.7 Å². The fraction of sp³-hybridized carbons (Fsp3) is 0.375. The second kappa shape index (κ2) is 6.08. The van der Waals surface area contributed by atoms with Crippen LogP contribution in [-0.4, -0.2) is 16.2 Å². The highest BCUT2D eigenvalue weighted by Crippen LogP contribution is 2.37. The molecule has 0 unspecified atom stereocenters. The molecular formula is C16H17N5O2. The van der Waals surface area contributed by atoms with Gasteiger partial charge in [0, 0.05) is 12.6 Å². The Morgan fingerprint density at radius 1 is 1.39 bits per heavy atom. The van der Waals surface area contributed by atoms with Crippen LogP contribution in [0.4, 0.5) is 10.5 Å². The lowest BCUT2D eigenvalue weighted by Gasteiger charge is -2.26. The molecule has 0 radical (unpaired) electrons. The minimum absolute atomic E-state index is 0.343. The molecule has 7 heteroatoms. The molecule has 0 bridgehead atoms. The van der Waals surface area contributed by atoms with E-state index in [-0.39, 0.29) is 6.03 Å². The van der Waals surface area contributed by atoms with Gasteiger partial charge < -0.3 is 15.2 Å². The van der Waals surface area contributed by atoms with E-state index in [0.29, 0.717) is 23.0 Å². The van der Waals surface area contributed by atoms with Gasteiger partial charge in [0.2, 0.25) is 5.89 Å². The van der Waals surface area contributed by atoms with E-state index in [9.17, 15) is 4.79 Å². The first-order valence-electron chi connectivity index (χ1n) is 7.51. The molecule has 2 amide bonds. The molecule has 7 nitrogen and oxygen atoms in total. The van der Waals surface area contributed by atoms with Crippen LogP contribution in [0.25, 0.3) is 0 Å². The summed E-state index contributed by atoms with van der Waals surface area (Å²) in [6.07, 6.45) is 3.55. The molecular weight excluding hydrogens is 294 g/mol. The van der Waals surface area contributed by atoms with Gasteiger partial charge in [0.1, 0.15) is 5.54 Å². The molecule has 1 aromatic carbocycles. The summed E-state index contributed by atoms with van der Waals surface area (Å²) in [6.45, 7) is 1.73. The first-order chi connectivity index (χ1) is 11.1. The number of aromatic nitrogens is 2. The van der Waals surface area contributed by atoms with Crippen LogP contribution in [0.1, 0.15) is 43.0 Å². The Morgan fingerprint density at radius 3 is 2.83 bits per heavy atom. The van der Waals surface area contributed by atoms with E-state index in [2.05, 4.69) is 20.8 Å². The summed E-state index contributed by atoms with van der Waals surface area (Å²) in [7, 11) is 0. The van der Waals surface area contributed by atoms with E-state index in [1.54, 1.807) is 31.2 Å². The van der Waals surface area contributed by atoms with Crippen molar-refractivity contribution in [2.24, 2.45) is 0 Å². The summed E-state index contributed by atoms with van der Waals surface area (Å²) < 4.78 is 5.06. The molecule has 118 valence electrons. The van der Waals surface area contributed by atoms with Crippen LogP contribution in [0.2, 0.25) is 0 Å². The van der Waals surface area contributed by atoms with E-state index in [4.69, 9.17) is 9.78 Å². The number of aryl methyl sites for hydroxylation is 1. The van der Waals surface area contributed by atoms with Crippen LogP contribution >= 0.6 is 0 Å². The topological polar surface area (TPSA) is 104 Å². The summed E-state index contributed by atoms with van der Waals surface area (Å²) in [5.41, 5.74) is 0.473. The monoisotopic (exact) mass is 311 g/mol. The number of hydrogen-bond acceptors (Lipinski definition) is 5. The van der Waals surface area contributed by atoms with Crippen molar-refractivity contribution in [3.63, 3.8) is 0 Å². The lowest BCUT2D eigenvalue weighted by Crippen LogP contribution is -2.46. The molecule has 2 N–H and O–H groups in total. The Labute approximate surface area is 133 Å². The molecule has 0 saturated heterocycles. The van der Waals surface area contributed by atoms with Gasteiger partial charge in [0.25, 0.3) is 0 Å². The maximum Gasteiger partial charge on any atom is 0.320 e. The second-order valence-electron chi connectivity index (χ2n) is 5.70. The number of anilines is 1. The fourth-order valence-electron chi connectivity index (χ4n) is 2.92. The summed E-state index contributed by atoms with van der Waals surface area (Å²) >= 11 is 0. The third kappa shape index (κ3) is 3.16. The zero-order valence-corrected chi connectivity index (χ0v) is 12.8. The number of amides is 2. The van der Waals surface area contributed by atoms with E-state index in [1.807, 2.05) is 6.07 Å². The van der Waals surface area contributed by atoms with Gasteiger partial charge in [-0.3, -0.25) is 0 Å². The van der Waals surface area contributed by atoms with E-state index in [1.165, 1.54) is 0 Å².